The third-order valence-electron chi connectivity index (χ3n) is 4.84. The minimum Gasteiger partial charge on any atom is -0.374 e. The lowest BCUT2D eigenvalue weighted by Gasteiger charge is -2.35. The summed E-state index contributed by atoms with van der Waals surface area (Å²) in [5.41, 5.74) is 0. The minimum atomic E-state index is 0.224. The van der Waals surface area contributed by atoms with Crippen molar-refractivity contribution in [2.75, 3.05) is 26.7 Å². The molecule has 1 amide bonds. The molecule has 2 heterocycles. The molecule has 2 rings (SSSR count). The number of piperidine rings is 1. The van der Waals surface area contributed by atoms with Crippen LogP contribution in [0.2, 0.25) is 0 Å². The van der Waals surface area contributed by atoms with Gasteiger partial charge in [0.05, 0.1) is 12.2 Å². The van der Waals surface area contributed by atoms with E-state index in [1.54, 1.807) is 0 Å². The van der Waals surface area contributed by atoms with Crippen molar-refractivity contribution in [3.05, 3.63) is 0 Å². The fourth-order valence-electron chi connectivity index (χ4n) is 3.21. The number of likely N-dealkylation sites (tertiary alicyclic amines) is 1. The molecule has 2 fully saturated rings. The van der Waals surface area contributed by atoms with Crippen LogP contribution in [0.25, 0.3) is 0 Å². The maximum atomic E-state index is 12.3. The van der Waals surface area contributed by atoms with Gasteiger partial charge >= 0.3 is 0 Å². The molecular formula is C16H30N2O2. The van der Waals surface area contributed by atoms with Crippen LogP contribution in [0.4, 0.5) is 0 Å². The minimum absolute atomic E-state index is 0.224. The molecule has 2 aliphatic rings. The third kappa shape index (κ3) is 3.95. The van der Waals surface area contributed by atoms with Crippen molar-refractivity contribution in [2.45, 2.75) is 64.7 Å². The van der Waals surface area contributed by atoms with E-state index in [9.17, 15) is 4.79 Å². The molecule has 116 valence electrons. The molecule has 0 aromatic carbocycles. The molecule has 0 saturated carbocycles. The summed E-state index contributed by atoms with van der Waals surface area (Å²) in [6.45, 7) is 9.43. The Labute approximate surface area is 123 Å². The Morgan fingerprint density at radius 1 is 1.25 bits per heavy atom. The van der Waals surface area contributed by atoms with Crippen LogP contribution in [0.15, 0.2) is 0 Å². The van der Waals surface area contributed by atoms with Crippen molar-refractivity contribution in [3.63, 3.8) is 0 Å². The highest BCUT2D eigenvalue weighted by molar-refractivity contribution is 5.78. The summed E-state index contributed by atoms with van der Waals surface area (Å²) < 4.78 is 5.89. The van der Waals surface area contributed by atoms with Crippen LogP contribution in [-0.4, -0.2) is 60.6 Å². The summed E-state index contributed by atoms with van der Waals surface area (Å²) in [5, 5.41) is 0. The van der Waals surface area contributed by atoms with Gasteiger partial charge in [-0.25, -0.2) is 0 Å². The van der Waals surface area contributed by atoms with Gasteiger partial charge in [0.15, 0.2) is 0 Å². The molecule has 2 aliphatic heterocycles. The van der Waals surface area contributed by atoms with Gasteiger partial charge in [0.25, 0.3) is 0 Å². The zero-order valence-corrected chi connectivity index (χ0v) is 13.5. The summed E-state index contributed by atoms with van der Waals surface area (Å²) in [6, 6.07) is 0.300. The number of nitrogens with zero attached hydrogens (tertiary/aromatic N) is 2. The lowest BCUT2D eigenvalue weighted by molar-refractivity contribution is -0.137. The van der Waals surface area contributed by atoms with Gasteiger partial charge in [0.1, 0.15) is 0 Å². The zero-order chi connectivity index (χ0) is 14.7. The summed E-state index contributed by atoms with van der Waals surface area (Å²) in [5.74, 6) is 0.549. The molecule has 20 heavy (non-hydrogen) atoms. The lowest BCUT2D eigenvalue weighted by Crippen LogP contribution is -2.45. The van der Waals surface area contributed by atoms with Crippen LogP contribution in [0.5, 0.6) is 0 Å². The highest BCUT2D eigenvalue weighted by Crippen LogP contribution is 2.24. The van der Waals surface area contributed by atoms with Crippen molar-refractivity contribution in [1.82, 2.24) is 9.80 Å². The van der Waals surface area contributed by atoms with E-state index in [1.807, 2.05) is 11.9 Å². The largest absolute Gasteiger partial charge is 0.374 e. The summed E-state index contributed by atoms with van der Waals surface area (Å²) in [4.78, 5) is 16.7. The predicted molar refractivity (Wildman–Crippen MR) is 80.6 cm³/mol. The van der Waals surface area contributed by atoms with Gasteiger partial charge in [-0.3, -0.25) is 4.79 Å². The molecular weight excluding hydrogens is 252 g/mol. The van der Waals surface area contributed by atoms with Crippen LogP contribution in [0.1, 0.15) is 46.5 Å². The molecule has 4 heteroatoms. The normalized spacial score (nSPS) is 29.1. The van der Waals surface area contributed by atoms with Crippen LogP contribution in [-0.2, 0) is 9.53 Å². The quantitative estimate of drug-likeness (QED) is 0.792. The highest BCUT2D eigenvalue weighted by atomic mass is 16.5. The van der Waals surface area contributed by atoms with Gasteiger partial charge in [0.2, 0.25) is 5.91 Å². The van der Waals surface area contributed by atoms with Gasteiger partial charge in [-0.1, -0.05) is 0 Å². The molecule has 2 atom stereocenters. The van der Waals surface area contributed by atoms with E-state index in [0.717, 1.165) is 32.5 Å². The fraction of sp³-hybridized carbons (Fsp3) is 0.938. The standard InChI is InChI=1S/C16H30N2O2/c1-12(2)17(4)16(19)14-7-9-18(10-8-14)11-15-6-5-13(3)20-15/h12-15H,5-11H2,1-4H3/t13-,15+/m1/s1. The average molecular weight is 282 g/mol. The van der Waals surface area contributed by atoms with Gasteiger partial charge in [-0.05, 0) is 59.5 Å². The first-order chi connectivity index (χ1) is 9.47. The topological polar surface area (TPSA) is 32.8 Å². The Balaban J connectivity index is 1.73. The van der Waals surface area contributed by atoms with E-state index in [2.05, 4.69) is 25.7 Å². The predicted octanol–water partition coefficient (Wildman–Crippen LogP) is 2.13. The van der Waals surface area contributed by atoms with E-state index in [1.165, 1.54) is 12.8 Å². The third-order valence-corrected chi connectivity index (χ3v) is 4.84. The molecule has 0 radical (unpaired) electrons. The Bertz CT molecular complexity index is 324. The number of carbonyl (C=O) groups is 1. The van der Waals surface area contributed by atoms with E-state index in [0.29, 0.717) is 24.2 Å². The van der Waals surface area contributed by atoms with Gasteiger partial charge in [0, 0.05) is 25.6 Å². The van der Waals surface area contributed by atoms with Gasteiger partial charge in [-0.15, -0.1) is 0 Å². The van der Waals surface area contributed by atoms with E-state index in [4.69, 9.17) is 4.74 Å². The van der Waals surface area contributed by atoms with Crippen LogP contribution in [0.3, 0.4) is 0 Å². The second-order valence-corrected chi connectivity index (χ2v) is 6.76. The SMILES string of the molecule is CC(C)N(C)C(=O)C1CCN(C[C@@H]2CC[C@@H](C)O2)CC1. The summed E-state index contributed by atoms with van der Waals surface area (Å²) in [7, 11) is 1.92. The molecule has 0 aliphatic carbocycles. The maximum absolute atomic E-state index is 12.3. The van der Waals surface area contributed by atoms with Crippen molar-refractivity contribution in [3.8, 4) is 0 Å². The van der Waals surface area contributed by atoms with Crippen molar-refractivity contribution < 1.29 is 9.53 Å². The van der Waals surface area contributed by atoms with Gasteiger partial charge < -0.3 is 14.5 Å². The lowest BCUT2D eigenvalue weighted by atomic mass is 9.94. The van der Waals surface area contributed by atoms with Crippen LogP contribution in [0, 0.1) is 5.92 Å². The molecule has 0 bridgehead atoms. The first-order valence-electron chi connectivity index (χ1n) is 8.12. The van der Waals surface area contributed by atoms with Gasteiger partial charge in [-0.2, -0.15) is 0 Å². The van der Waals surface area contributed by atoms with E-state index >= 15 is 0 Å². The highest BCUT2D eigenvalue weighted by Gasteiger charge is 2.30. The Hall–Kier alpha value is -0.610. The number of hydrogen-bond acceptors (Lipinski definition) is 3. The molecule has 0 N–H and O–H groups in total. The van der Waals surface area contributed by atoms with Crippen molar-refractivity contribution >= 4 is 5.91 Å². The monoisotopic (exact) mass is 282 g/mol. The molecule has 0 spiro atoms. The van der Waals surface area contributed by atoms with Crippen molar-refractivity contribution in [1.29, 1.82) is 0 Å². The molecule has 4 nitrogen and oxygen atoms in total. The second-order valence-electron chi connectivity index (χ2n) is 6.76. The molecule has 0 aromatic rings. The second kappa shape index (κ2) is 6.90. The summed E-state index contributed by atoms with van der Waals surface area (Å²) in [6.07, 6.45) is 5.22. The first-order valence-corrected chi connectivity index (χ1v) is 8.12. The molecule has 0 aromatic heterocycles. The van der Waals surface area contributed by atoms with Crippen molar-refractivity contribution in [2.24, 2.45) is 5.92 Å². The summed E-state index contributed by atoms with van der Waals surface area (Å²) >= 11 is 0. The molecule has 2 saturated heterocycles. The van der Waals surface area contributed by atoms with E-state index < -0.39 is 0 Å². The first kappa shape index (κ1) is 15.8. The molecule has 0 unspecified atom stereocenters. The number of hydrogen-bond donors (Lipinski definition) is 0. The van der Waals surface area contributed by atoms with Crippen LogP contribution < -0.4 is 0 Å². The van der Waals surface area contributed by atoms with E-state index in [-0.39, 0.29) is 5.92 Å². The smallest absolute Gasteiger partial charge is 0.225 e. The number of carbonyl (C=O) groups excluding carboxylic acids is 1. The maximum Gasteiger partial charge on any atom is 0.225 e. The van der Waals surface area contributed by atoms with Crippen LogP contribution >= 0.6 is 0 Å². The zero-order valence-electron chi connectivity index (χ0n) is 13.5. The number of amides is 1. The Morgan fingerprint density at radius 2 is 1.90 bits per heavy atom. The number of ether oxygens (including phenoxy) is 1. The Morgan fingerprint density at radius 3 is 2.40 bits per heavy atom. The average Bonchev–Trinajstić information content (AvgIpc) is 2.83. The number of rotatable bonds is 4. The Kier molecular flexibility index (Phi) is 5.44. The fourth-order valence-corrected chi connectivity index (χ4v) is 3.21.